The molecule has 6 rings (SSSR count). The lowest BCUT2D eigenvalue weighted by atomic mass is 9.87. The SMILES string of the molecule is COCCCNC(=O)n1ccc(C(c2cccc3ccccc23)c2cncn2Cc2ccc3ccccc3c2)c1. The van der Waals surface area contributed by atoms with Crippen LogP contribution in [-0.2, 0) is 11.3 Å². The van der Waals surface area contributed by atoms with E-state index in [0.29, 0.717) is 19.7 Å². The van der Waals surface area contributed by atoms with E-state index >= 15 is 0 Å². The molecule has 0 radical (unpaired) electrons. The Morgan fingerprint density at radius 2 is 1.73 bits per heavy atom. The van der Waals surface area contributed by atoms with Crippen LogP contribution in [0, 0.1) is 0 Å². The zero-order valence-corrected chi connectivity index (χ0v) is 22.5. The largest absolute Gasteiger partial charge is 0.385 e. The van der Waals surface area contributed by atoms with Gasteiger partial charge < -0.3 is 14.6 Å². The smallest absolute Gasteiger partial charge is 0.325 e. The van der Waals surface area contributed by atoms with Crippen LogP contribution in [0.3, 0.4) is 0 Å². The van der Waals surface area contributed by atoms with Gasteiger partial charge in [0.1, 0.15) is 0 Å². The molecule has 0 aliphatic heterocycles. The Morgan fingerprint density at radius 1 is 0.925 bits per heavy atom. The molecule has 40 heavy (non-hydrogen) atoms. The zero-order chi connectivity index (χ0) is 27.3. The number of hydrogen-bond donors (Lipinski definition) is 1. The summed E-state index contributed by atoms with van der Waals surface area (Å²) in [6.45, 7) is 1.87. The van der Waals surface area contributed by atoms with Gasteiger partial charge in [0.2, 0.25) is 0 Å². The van der Waals surface area contributed by atoms with Gasteiger partial charge in [-0.25, -0.2) is 9.78 Å². The number of aromatic nitrogens is 3. The summed E-state index contributed by atoms with van der Waals surface area (Å²) in [6.07, 6.45) is 8.40. The van der Waals surface area contributed by atoms with Crippen molar-refractivity contribution < 1.29 is 9.53 Å². The van der Waals surface area contributed by atoms with Gasteiger partial charge in [0.15, 0.2) is 0 Å². The monoisotopic (exact) mass is 528 g/mol. The van der Waals surface area contributed by atoms with Gasteiger partial charge in [-0.15, -0.1) is 0 Å². The number of nitrogens with one attached hydrogen (secondary N) is 1. The summed E-state index contributed by atoms with van der Waals surface area (Å²) in [7, 11) is 1.66. The summed E-state index contributed by atoms with van der Waals surface area (Å²) in [6, 6.07) is 31.8. The molecule has 4 aromatic carbocycles. The van der Waals surface area contributed by atoms with E-state index in [2.05, 4.69) is 99.8 Å². The van der Waals surface area contributed by atoms with Crippen LogP contribution in [0.4, 0.5) is 4.79 Å². The van der Waals surface area contributed by atoms with Crippen LogP contribution in [0.2, 0.25) is 0 Å². The van der Waals surface area contributed by atoms with Gasteiger partial charge in [-0.3, -0.25) is 4.57 Å². The Labute approximate surface area is 233 Å². The highest BCUT2D eigenvalue weighted by Crippen LogP contribution is 2.36. The van der Waals surface area contributed by atoms with E-state index in [0.717, 1.165) is 17.7 Å². The van der Waals surface area contributed by atoms with Crippen LogP contribution in [0.5, 0.6) is 0 Å². The number of rotatable bonds is 9. The molecule has 6 nitrogen and oxygen atoms in total. The highest BCUT2D eigenvalue weighted by atomic mass is 16.5. The molecule has 0 saturated heterocycles. The number of ether oxygens (including phenoxy) is 1. The lowest BCUT2D eigenvalue weighted by molar-refractivity contribution is 0.193. The highest BCUT2D eigenvalue weighted by molar-refractivity contribution is 5.87. The number of carbonyl (C=O) groups is 1. The quantitative estimate of drug-likeness (QED) is 0.210. The van der Waals surface area contributed by atoms with Crippen molar-refractivity contribution >= 4 is 27.6 Å². The van der Waals surface area contributed by atoms with E-state index in [-0.39, 0.29) is 11.9 Å². The minimum absolute atomic E-state index is 0.114. The molecule has 0 bridgehead atoms. The maximum Gasteiger partial charge on any atom is 0.325 e. The summed E-state index contributed by atoms with van der Waals surface area (Å²) in [5.41, 5.74) is 4.49. The molecule has 1 amide bonds. The fourth-order valence-corrected chi connectivity index (χ4v) is 5.46. The number of fused-ring (bicyclic) bond motifs is 2. The first-order chi connectivity index (χ1) is 19.7. The van der Waals surface area contributed by atoms with Crippen molar-refractivity contribution in [2.45, 2.75) is 18.9 Å². The number of nitrogens with zero attached hydrogens (tertiary/aromatic N) is 3. The summed E-state index contributed by atoms with van der Waals surface area (Å²) in [5, 5.41) is 7.79. The van der Waals surface area contributed by atoms with Gasteiger partial charge in [-0.2, -0.15) is 0 Å². The Balaban J connectivity index is 1.39. The Kier molecular flexibility index (Phi) is 7.42. The summed E-state index contributed by atoms with van der Waals surface area (Å²) in [5.74, 6) is -0.114. The van der Waals surface area contributed by atoms with Crippen LogP contribution in [-0.4, -0.2) is 40.4 Å². The van der Waals surface area contributed by atoms with E-state index in [4.69, 9.17) is 4.74 Å². The van der Waals surface area contributed by atoms with Crippen molar-refractivity contribution in [3.8, 4) is 0 Å². The lowest BCUT2D eigenvalue weighted by Crippen LogP contribution is -2.29. The molecule has 2 aromatic heterocycles. The summed E-state index contributed by atoms with van der Waals surface area (Å²) < 4.78 is 8.95. The molecule has 2 heterocycles. The van der Waals surface area contributed by atoms with Crippen molar-refractivity contribution in [1.82, 2.24) is 19.4 Å². The third-order valence-corrected chi connectivity index (χ3v) is 7.43. The predicted octanol–water partition coefficient (Wildman–Crippen LogP) is 6.81. The maximum atomic E-state index is 12.9. The molecule has 1 unspecified atom stereocenters. The maximum absolute atomic E-state index is 12.9. The van der Waals surface area contributed by atoms with Crippen LogP contribution in [0.1, 0.15) is 34.7 Å². The standard InChI is InChI=1S/C34H32N4O2/c1-40-19-7-17-36-34(39)37-18-16-29(23-37)33(31-13-6-11-27-9-4-5-12-30(27)31)32-21-35-24-38(32)22-25-14-15-26-8-2-3-10-28(26)20-25/h2-6,8-16,18,20-21,23-24,33H,7,17,19,22H2,1H3,(H,36,39). The topological polar surface area (TPSA) is 61.1 Å². The van der Waals surface area contributed by atoms with E-state index in [1.807, 2.05) is 31.0 Å². The molecular formula is C34H32N4O2. The minimum atomic E-state index is -0.149. The first kappa shape index (κ1) is 25.6. The molecule has 0 fully saturated rings. The van der Waals surface area contributed by atoms with Gasteiger partial charge in [-0.05, 0) is 56.8 Å². The molecular weight excluding hydrogens is 496 g/mol. The van der Waals surface area contributed by atoms with Crippen LogP contribution in [0.25, 0.3) is 21.5 Å². The molecule has 6 heteroatoms. The normalized spacial score (nSPS) is 12.1. The Morgan fingerprint density at radius 3 is 2.60 bits per heavy atom. The number of carbonyl (C=O) groups excluding carboxylic acids is 1. The summed E-state index contributed by atoms with van der Waals surface area (Å²) in [4.78, 5) is 17.5. The van der Waals surface area contributed by atoms with E-state index < -0.39 is 0 Å². The first-order valence-electron chi connectivity index (χ1n) is 13.6. The van der Waals surface area contributed by atoms with Crippen molar-refractivity contribution in [3.05, 3.63) is 138 Å². The van der Waals surface area contributed by atoms with Gasteiger partial charge in [0.25, 0.3) is 0 Å². The Bertz CT molecular complexity index is 1760. The highest BCUT2D eigenvalue weighted by Gasteiger charge is 2.24. The van der Waals surface area contributed by atoms with Gasteiger partial charge in [0.05, 0.1) is 12.2 Å². The third-order valence-electron chi connectivity index (χ3n) is 7.43. The molecule has 0 aliphatic carbocycles. The number of imidazole rings is 1. The molecule has 0 aliphatic rings. The lowest BCUT2D eigenvalue weighted by Gasteiger charge is -2.21. The molecule has 1 N–H and O–H groups in total. The van der Waals surface area contributed by atoms with Crippen LogP contribution in [0.15, 0.2) is 116 Å². The van der Waals surface area contributed by atoms with Crippen molar-refractivity contribution in [3.63, 3.8) is 0 Å². The second-order valence-corrected chi connectivity index (χ2v) is 10.1. The zero-order valence-electron chi connectivity index (χ0n) is 22.5. The molecule has 1 atom stereocenters. The van der Waals surface area contributed by atoms with E-state index in [1.165, 1.54) is 32.7 Å². The number of hydrogen-bond acceptors (Lipinski definition) is 3. The average Bonchev–Trinajstić information content (AvgIpc) is 3.66. The van der Waals surface area contributed by atoms with E-state index in [1.54, 1.807) is 11.7 Å². The van der Waals surface area contributed by atoms with Gasteiger partial charge in [-0.1, -0.05) is 78.9 Å². The summed E-state index contributed by atoms with van der Waals surface area (Å²) >= 11 is 0. The number of methoxy groups -OCH3 is 1. The average molecular weight is 529 g/mol. The fraction of sp³-hybridized carbons (Fsp3) is 0.176. The third kappa shape index (κ3) is 5.26. The Hall–Kier alpha value is -4.68. The fourth-order valence-electron chi connectivity index (χ4n) is 5.46. The number of amides is 1. The second-order valence-electron chi connectivity index (χ2n) is 10.1. The molecule has 200 valence electrons. The van der Waals surface area contributed by atoms with Gasteiger partial charge >= 0.3 is 6.03 Å². The van der Waals surface area contributed by atoms with Crippen molar-refractivity contribution in [2.24, 2.45) is 0 Å². The van der Waals surface area contributed by atoms with Crippen molar-refractivity contribution in [2.75, 3.05) is 20.3 Å². The predicted molar refractivity (Wildman–Crippen MR) is 160 cm³/mol. The van der Waals surface area contributed by atoms with Crippen LogP contribution >= 0.6 is 0 Å². The van der Waals surface area contributed by atoms with E-state index in [9.17, 15) is 4.79 Å². The number of benzene rings is 4. The first-order valence-corrected chi connectivity index (χ1v) is 13.6. The second kappa shape index (κ2) is 11.6. The van der Waals surface area contributed by atoms with Gasteiger partial charge in [0, 0.05) is 51.1 Å². The molecule has 0 saturated carbocycles. The molecule has 6 aromatic rings. The van der Waals surface area contributed by atoms with Crippen molar-refractivity contribution in [1.29, 1.82) is 0 Å². The minimum Gasteiger partial charge on any atom is -0.385 e. The van der Waals surface area contributed by atoms with Crippen LogP contribution < -0.4 is 5.32 Å². The molecule has 0 spiro atoms.